The van der Waals surface area contributed by atoms with Crippen LogP contribution in [0.5, 0.6) is 5.75 Å². The summed E-state index contributed by atoms with van der Waals surface area (Å²) in [7, 11) is 1.59. The predicted molar refractivity (Wildman–Crippen MR) is 110 cm³/mol. The fourth-order valence-corrected chi connectivity index (χ4v) is 3.48. The highest BCUT2D eigenvalue weighted by atomic mass is 16.5. The van der Waals surface area contributed by atoms with Crippen molar-refractivity contribution < 1.29 is 4.74 Å². The van der Waals surface area contributed by atoms with Gasteiger partial charge >= 0.3 is 0 Å². The SMILES string of the molecule is CCc1nc(-n2ccc3nc4nc(C)nn4c(-c4ccccc4OC)c3c2=O)n[nH]1. The maximum absolute atomic E-state index is 13.6. The van der Waals surface area contributed by atoms with Crippen molar-refractivity contribution in [1.82, 2.24) is 39.3 Å². The van der Waals surface area contributed by atoms with E-state index in [-0.39, 0.29) is 11.5 Å². The molecule has 4 aromatic heterocycles. The van der Waals surface area contributed by atoms with Crippen molar-refractivity contribution in [3.63, 3.8) is 0 Å². The average molecular weight is 402 g/mol. The van der Waals surface area contributed by atoms with Gasteiger partial charge in [0.05, 0.1) is 23.7 Å². The molecule has 5 aromatic rings. The molecular formula is C20H18N8O2. The fourth-order valence-electron chi connectivity index (χ4n) is 3.48. The summed E-state index contributed by atoms with van der Waals surface area (Å²) in [6.45, 7) is 3.74. The molecular weight excluding hydrogens is 384 g/mol. The van der Waals surface area contributed by atoms with E-state index >= 15 is 0 Å². The molecule has 0 fully saturated rings. The molecule has 0 bridgehead atoms. The maximum Gasteiger partial charge on any atom is 0.269 e. The van der Waals surface area contributed by atoms with Gasteiger partial charge in [-0.15, -0.1) is 10.2 Å². The van der Waals surface area contributed by atoms with E-state index in [2.05, 4.69) is 30.2 Å². The van der Waals surface area contributed by atoms with Crippen LogP contribution >= 0.6 is 0 Å². The fraction of sp³-hybridized carbons (Fsp3) is 0.200. The maximum atomic E-state index is 13.6. The molecule has 10 heteroatoms. The number of hydrogen-bond donors (Lipinski definition) is 1. The zero-order valence-electron chi connectivity index (χ0n) is 16.6. The molecule has 30 heavy (non-hydrogen) atoms. The van der Waals surface area contributed by atoms with E-state index in [0.29, 0.717) is 51.8 Å². The number of methoxy groups -OCH3 is 1. The Bertz CT molecular complexity index is 1460. The van der Waals surface area contributed by atoms with Crippen LogP contribution in [-0.4, -0.2) is 46.4 Å². The Kier molecular flexibility index (Phi) is 4.05. The second-order valence-electron chi connectivity index (χ2n) is 6.72. The van der Waals surface area contributed by atoms with Crippen LogP contribution in [0.1, 0.15) is 18.6 Å². The third-order valence-electron chi connectivity index (χ3n) is 4.87. The number of aromatic nitrogens is 8. The number of H-pyrrole nitrogens is 1. The Morgan fingerprint density at radius 3 is 2.73 bits per heavy atom. The first kappa shape index (κ1) is 18.0. The number of ether oxygens (including phenoxy) is 1. The Morgan fingerprint density at radius 1 is 1.13 bits per heavy atom. The van der Waals surface area contributed by atoms with Gasteiger partial charge in [-0.1, -0.05) is 19.1 Å². The van der Waals surface area contributed by atoms with Gasteiger partial charge in [0.1, 0.15) is 17.4 Å². The van der Waals surface area contributed by atoms with Crippen LogP contribution in [-0.2, 0) is 6.42 Å². The van der Waals surface area contributed by atoms with Crippen molar-refractivity contribution in [3.8, 4) is 23.0 Å². The number of hydrogen-bond acceptors (Lipinski definition) is 7. The number of benzene rings is 1. The summed E-state index contributed by atoms with van der Waals surface area (Å²) in [4.78, 5) is 26.9. The van der Waals surface area contributed by atoms with E-state index in [1.54, 1.807) is 30.8 Å². The van der Waals surface area contributed by atoms with Crippen molar-refractivity contribution in [2.24, 2.45) is 0 Å². The minimum absolute atomic E-state index is 0.277. The van der Waals surface area contributed by atoms with Crippen molar-refractivity contribution >= 4 is 16.7 Å². The summed E-state index contributed by atoms with van der Waals surface area (Å²) in [5.74, 6) is 2.54. The van der Waals surface area contributed by atoms with Crippen LogP contribution in [0.4, 0.5) is 0 Å². The summed E-state index contributed by atoms with van der Waals surface area (Å²) in [6, 6.07) is 9.21. The third kappa shape index (κ3) is 2.65. The first-order valence-corrected chi connectivity index (χ1v) is 9.44. The number of aromatic amines is 1. The molecule has 0 unspecified atom stereocenters. The number of aryl methyl sites for hydroxylation is 2. The lowest BCUT2D eigenvalue weighted by Gasteiger charge is -2.12. The van der Waals surface area contributed by atoms with E-state index in [0.717, 1.165) is 0 Å². The Labute approximate surface area is 170 Å². The molecule has 10 nitrogen and oxygen atoms in total. The summed E-state index contributed by atoms with van der Waals surface area (Å²) >= 11 is 0. The van der Waals surface area contributed by atoms with Crippen LogP contribution in [0.25, 0.3) is 33.9 Å². The van der Waals surface area contributed by atoms with Crippen LogP contribution in [0.2, 0.25) is 0 Å². The molecule has 0 amide bonds. The molecule has 0 aliphatic rings. The lowest BCUT2D eigenvalue weighted by molar-refractivity contribution is 0.416. The lowest BCUT2D eigenvalue weighted by Crippen LogP contribution is -2.21. The third-order valence-corrected chi connectivity index (χ3v) is 4.87. The summed E-state index contributed by atoms with van der Waals surface area (Å²) in [5.41, 5.74) is 1.46. The monoisotopic (exact) mass is 402 g/mol. The number of nitrogens with zero attached hydrogens (tertiary/aromatic N) is 7. The zero-order valence-corrected chi connectivity index (χ0v) is 16.6. The van der Waals surface area contributed by atoms with Crippen molar-refractivity contribution in [2.45, 2.75) is 20.3 Å². The Balaban J connectivity index is 1.93. The highest BCUT2D eigenvalue weighted by molar-refractivity contribution is 5.94. The molecule has 150 valence electrons. The highest BCUT2D eigenvalue weighted by Gasteiger charge is 2.21. The van der Waals surface area contributed by atoms with E-state index in [9.17, 15) is 4.79 Å². The molecule has 1 N–H and O–H groups in total. The number of pyridine rings is 1. The van der Waals surface area contributed by atoms with Crippen LogP contribution < -0.4 is 10.3 Å². The van der Waals surface area contributed by atoms with Gasteiger partial charge in [-0.2, -0.15) is 14.5 Å². The topological polar surface area (TPSA) is 116 Å². The van der Waals surface area contributed by atoms with E-state index < -0.39 is 0 Å². The molecule has 5 rings (SSSR count). The van der Waals surface area contributed by atoms with Crippen molar-refractivity contribution in [1.29, 1.82) is 0 Å². The van der Waals surface area contributed by atoms with Crippen molar-refractivity contribution in [2.75, 3.05) is 7.11 Å². The van der Waals surface area contributed by atoms with E-state index in [4.69, 9.17) is 4.74 Å². The van der Waals surface area contributed by atoms with Crippen LogP contribution in [0, 0.1) is 6.92 Å². The number of rotatable bonds is 4. The molecule has 0 saturated carbocycles. The quantitative estimate of drug-likeness (QED) is 0.489. The standard InChI is InChI=1S/C20H18N8O2/c1-4-15-23-20(25-24-15)27-10-9-13-16(18(27)29)17(12-7-5-6-8-14(12)30-3)28-19(22-13)21-11(2)26-28/h5-10H,4H2,1-3H3,(H,23,24,25). The molecule has 4 heterocycles. The molecule has 0 aliphatic carbocycles. The highest BCUT2D eigenvalue weighted by Crippen LogP contribution is 2.33. The number of para-hydroxylation sites is 1. The molecule has 1 aromatic carbocycles. The first-order valence-electron chi connectivity index (χ1n) is 9.44. The first-order chi connectivity index (χ1) is 14.6. The lowest BCUT2D eigenvalue weighted by atomic mass is 10.1. The van der Waals surface area contributed by atoms with Gasteiger partial charge in [-0.05, 0) is 25.1 Å². The number of nitrogens with one attached hydrogen (secondary N) is 1. The minimum Gasteiger partial charge on any atom is -0.496 e. The molecule has 0 atom stereocenters. The van der Waals surface area contributed by atoms with Crippen molar-refractivity contribution in [3.05, 3.63) is 58.5 Å². The predicted octanol–water partition coefficient (Wildman–Crippen LogP) is 2.09. The van der Waals surface area contributed by atoms with E-state index in [1.807, 2.05) is 31.2 Å². The Morgan fingerprint density at radius 2 is 1.97 bits per heavy atom. The second kappa shape index (κ2) is 6.76. The van der Waals surface area contributed by atoms with Gasteiger partial charge in [-0.3, -0.25) is 9.89 Å². The second-order valence-corrected chi connectivity index (χ2v) is 6.72. The molecule has 0 radical (unpaired) electrons. The molecule has 0 spiro atoms. The minimum atomic E-state index is -0.308. The Hall–Kier alpha value is -4.08. The van der Waals surface area contributed by atoms with Gasteiger partial charge in [0.15, 0.2) is 0 Å². The number of fused-ring (bicyclic) bond motifs is 2. The molecule has 0 aliphatic heterocycles. The smallest absolute Gasteiger partial charge is 0.269 e. The normalized spacial score (nSPS) is 11.4. The summed E-state index contributed by atoms with van der Waals surface area (Å²) in [5, 5.41) is 11.9. The zero-order chi connectivity index (χ0) is 20.8. The largest absolute Gasteiger partial charge is 0.496 e. The van der Waals surface area contributed by atoms with Crippen LogP contribution in [0.15, 0.2) is 41.3 Å². The van der Waals surface area contributed by atoms with E-state index in [1.165, 1.54) is 4.57 Å². The van der Waals surface area contributed by atoms with Gasteiger partial charge < -0.3 is 4.74 Å². The molecule has 0 saturated heterocycles. The van der Waals surface area contributed by atoms with Gasteiger partial charge in [0.2, 0.25) is 0 Å². The van der Waals surface area contributed by atoms with Gasteiger partial charge in [0.25, 0.3) is 17.3 Å². The average Bonchev–Trinajstić information content (AvgIpc) is 3.38. The summed E-state index contributed by atoms with van der Waals surface area (Å²) in [6.07, 6.45) is 2.30. The summed E-state index contributed by atoms with van der Waals surface area (Å²) < 4.78 is 8.53. The van der Waals surface area contributed by atoms with Crippen LogP contribution in [0.3, 0.4) is 0 Å². The van der Waals surface area contributed by atoms with Gasteiger partial charge in [0, 0.05) is 18.2 Å². The van der Waals surface area contributed by atoms with Gasteiger partial charge in [-0.25, -0.2) is 9.55 Å².